The zero-order valence-corrected chi connectivity index (χ0v) is 11.5. The summed E-state index contributed by atoms with van der Waals surface area (Å²) in [6.45, 7) is 5.15. The Morgan fingerprint density at radius 3 is 2.53 bits per heavy atom. The van der Waals surface area contributed by atoms with E-state index in [1.807, 2.05) is 13.8 Å². The molecule has 2 atom stereocenters. The standard InChI is InChI=1S/C15H21F2NO/c1-3-18-14(15(2)9-4-5-10-19-15)13-11(16)7-6-8-12(13)17/h6-8,14,18H,3-5,9-10H2,1-2H3. The lowest BCUT2D eigenvalue weighted by atomic mass is 9.83. The lowest BCUT2D eigenvalue weighted by Crippen LogP contribution is -2.46. The van der Waals surface area contributed by atoms with Gasteiger partial charge >= 0.3 is 0 Å². The Balaban J connectivity index is 2.39. The molecule has 1 aliphatic rings. The lowest BCUT2D eigenvalue weighted by Gasteiger charge is -2.41. The first-order valence-corrected chi connectivity index (χ1v) is 6.90. The van der Waals surface area contributed by atoms with Crippen molar-refractivity contribution in [1.82, 2.24) is 5.32 Å². The summed E-state index contributed by atoms with van der Waals surface area (Å²) in [4.78, 5) is 0. The number of ether oxygens (including phenoxy) is 1. The molecule has 0 aliphatic carbocycles. The number of benzene rings is 1. The Hall–Kier alpha value is -1.00. The van der Waals surface area contributed by atoms with Gasteiger partial charge in [0.05, 0.1) is 11.6 Å². The second kappa shape index (κ2) is 5.97. The Morgan fingerprint density at radius 2 is 2.00 bits per heavy atom. The molecule has 19 heavy (non-hydrogen) atoms. The number of rotatable bonds is 4. The largest absolute Gasteiger partial charge is 0.373 e. The molecular formula is C15H21F2NO. The fraction of sp³-hybridized carbons (Fsp3) is 0.600. The lowest BCUT2D eigenvalue weighted by molar-refractivity contribution is -0.0907. The molecule has 0 radical (unpaired) electrons. The maximum Gasteiger partial charge on any atom is 0.131 e. The van der Waals surface area contributed by atoms with Crippen LogP contribution in [-0.4, -0.2) is 18.8 Å². The first kappa shape index (κ1) is 14.4. The smallest absolute Gasteiger partial charge is 0.131 e. The van der Waals surface area contributed by atoms with Crippen molar-refractivity contribution >= 4 is 0 Å². The Bertz CT molecular complexity index is 410. The van der Waals surface area contributed by atoms with E-state index in [4.69, 9.17) is 4.74 Å². The zero-order valence-electron chi connectivity index (χ0n) is 11.5. The summed E-state index contributed by atoms with van der Waals surface area (Å²) >= 11 is 0. The SMILES string of the molecule is CCNC(c1c(F)cccc1F)C1(C)CCCCO1. The van der Waals surface area contributed by atoms with Crippen molar-refractivity contribution in [3.63, 3.8) is 0 Å². The quantitative estimate of drug-likeness (QED) is 0.902. The molecule has 1 aliphatic heterocycles. The highest BCUT2D eigenvalue weighted by atomic mass is 19.1. The van der Waals surface area contributed by atoms with Crippen LogP contribution in [0.5, 0.6) is 0 Å². The molecule has 4 heteroatoms. The molecule has 2 nitrogen and oxygen atoms in total. The molecule has 0 spiro atoms. The molecule has 1 N–H and O–H groups in total. The van der Waals surface area contributed by atoms with Crippen molar-refractivity contribution in [2.45, 2.75) is 44.8 Å². The number of hydrogen-bond donors (Lipinski definition) is 1. The third kappa shape index (κ3) is 2.95. The third-order valence-corrected chi connectivity index (χ3v) is 3.81. The van der Waals surface area contributed by atoms with E-state index in [9.17, 15) is 8.78 Å². The summed E-state index contributed by atoms with van der Waals surface area (Å²) in [5, 5.41) is 3.19. The van der Waals surface area contributed by atoms with Crippen molar-refractivity contribution in [3.8, 4) is 0 Å². The number of nitrogens with one attached hydrogen (secondary N) is 1. The average molecular weight is 269 g/mol. The summed E-state index contributed by atoms with van der Waals surface area (Å²) in [7, 11) is 0. The minimum atomic E-state index is -0.558. The monoisotopic (exact) mass is 269 g/mol. The predicted molar refractivity (Wildman–Crippen MR) is 71.0 cm³/mol. The summed E-state index contributed by atoms with van der Waals surface area (Å²) in [6.07, 6.45) is 2.83. The highest BCUT2D eigenvalue weighted by Gasteiger charge is 2.39. The molecule has 1 saturated heterocycles. The van der Waals surface area contributed by atoms with Crippen molar-refractivity contribution in [2.24, 2.45) is 0 Å². The minimum absolute atomic E-state index is 0.0914. The molecule has 106 valence electrons. The van der Waals surface area contributed by atoms with Crippen LogP contribution >= 0.6 is 0 Å². The van der Waals surface area contributed by atoms with Gasteiger partial charge in [-0.2, -0.15) is 0 Å². The van der Waals surface area contributed by atoms with Gasteiger partial charge in [-0.3, -0.25) is 0 Å². The minimum Gasteiger partial charge on any atom is -0.373 e. The van der Waals surface area contributed by atoms with E-state index in [0.29, 0.717) is 13.2 Å². The molecule has 0 saturated carbocycles. The van der Waals surface area contributed by atoms with Gasteiger partial charge in [-0.25, -0.2) is 8.78 Å². The van der Waals surface area contributed by atoms with Gasteiger partial charge in [0.25, 0.3) is 0 Å². The van der Waals surface area contributed by atoms with Gasteiger partial charge in [-0.15, -0.1) is 0 Å². The Labute approximate surface area is 113 Å². The predicted octanol–water partition coefficient (Wildman–Crippen LogP) is 3.57. The summed E-state index contributed by atoms with van der Waals surface area (Å²) in [6, 6.07) is 3.53. The molecule has 2 rings (SSSR count). The average Bonchev–Trinajstić information content (AvgIpc) is 2.38. The summed E-state index contributed by atoms with van der Waals surface area (Å²) < 4.78 is 33.9. The zero-order chi connectivity index (χ0) is 13.9. The Kier molecular flexibility index (Phi) is 4.53. The van der Waals surface area contributed by atoms with Crippen LogP contribution in [0.3, 0.4) is 0 Å². The van der Waals surface area contributed by atoms with Gasteiger partial charge in [0.15, 0.2) is 0 Å². The van der Waals surface area contributed by atoms with Crippen molar-refractivity contribution < 1.29 is 13.5 Å². The molecule has 1 aromatic rings. The Morgan fingerprint density at radius 1 is 1.32 bits per heavy atom. The molecule has 0 amide bonds. The van der Waals surface area contributed by atoms with Crippen LogP contribution in [0.2, 0.25) is 0 Å². The van der Waals surface area contributed by atoms with Crippen LogP contribution in [0, 0.1) is 11.6 Å². The molecule has 1 aromatic carbocycles. The van der Waals surface area contributed by atoms with Gasteiger partial charge in [0.2, 0.25) is 0 Å². The van der Waals surface area contributed by atoms with Gasteiger partial charge in [0, 0.05) is 12.2 Å². The number of halogens is 2. The first-order chi connectivity index (χ1) is 9.08. The van der Waals surface area contributed by atoms with Crippen LogP contribution in [0.4, 0.5) is 8.78 Å². The maximum atomic E-state index is 14.0. The number of likely N-dealkylation sites (N-methyl/N-ethyl adjacent to an activating group) is 1. The third-order valence-electron chi connectivity index (χ3n) is 3.81. The van der Waals surface area contributed by atoms with E-state index < -0.39 is 23.3 Å². The molecule has 2 unspecified atom stereocenters. The van der Waals surface area contributed by atoms with Crippen LogP contribution in [0.1, 0.15) is 44.7 Å². The van der Waals surface area contributed by atoms with E-state index in [1.165, 1.54) is 18.2 Å². The second-order valence-corrected chi connectivity index (χ2v) is 5.24. The van der Waals surface area contributed by atoms with E-state index in [0.717, 1.165) is 19.3 Å². The second-order valence-electron chi connectivity index (χ2n) is 5.24. The molecule has 1 heterocycles. The van der Waals surface area contributed by atoms with Crippen LogP contribution in [-0.2, 0) is 4.74 Å². The summed E-state index contributed by atoms with van der Waals surface area (Å²) in [5.41, 5.74) is -0.467. The van der Waals surface area contributed by atoms with Gasteiger partial charge < -0.3 is 10.1 Å². The molecule has 0 bridgehead atoms. The van der Waals surface area contributed by atoms with Gasteiger partial charge in [0.1, 0.15) is 11.6 Å². The van der Waals surface area contributed by atoms with Crippen LogP contribution < -0.4 is 5.32 Å². The highest BCUT2D eigenvalue weighted by molar-refractivity contribution is 5.26. The van der Waals surface area contributed by atoms with E-state index in [-0.39, 0.29) is 5.56 Å². The van der Waals surface area contributed by atoms with Gasteiger partial charge in [-0.05, 0) is 44.9 Å². The van der Waals surface area contributed by atoms with Gasteiger partial charge in [-0.1, -0.05) is 13.0 Å². The summed E-state index contributed by atoms with van der Waals surface area (Å²) in [5.74, 6) is -1.03. The van der Waals surface area contributed by atoms with E-state index in [1.54, 1.807) is 0 Å². The normalized spacial score (nSPS) is 25.3. The maximum absolute atomic E-state index is 14.0. The molecule has 1 fully saturated rings. The fourth-order valence-electron chi connectivity index (χ4n) is 2.80. The highest BCUT2D eigenvalue weighted by Crippen LogP contribution is 2.38. The van der Waals surface area contributed by atoms with Crippen molar-refractivity contribution in [3.05, 3.63) is 35.4 Å². The number of hydrogen-bond acceptors (Lipinski definition) is 2. The first-order valence-electron chi connectivity index (χ1n) is 6.90. The van der Waals surface area contributed by atoms with E-state index >= 15 is 0 Å². The van der Waals surface area contributed by atoms with Crippen molar-refractivity contribution in [2.75, 3.05) is 13.2 Å². The molecular weight excluding hydrogens is 248 g/mol. The molecule has 0 aromatic heterocycles. The van der Waals surface area contributed by atoms with Crippen LogP contribution in [0.15, 0.2) is 18.2 Å². The van der Waals surface area contributed by atoms with E-state index in [2.05, 4.69) is 5.32 Å². The topological polar surface area (TPSA) is 21.3 Å². The fourth-order valence-corrected chi connectivity index (χ4v) is 2.80. The van der Waals surface area contributed by atoms with Crippen molar-refractivity contribution in [1.29, 1.82) is 0 Å². The van der Waals surface area contributed by atoms with Crippen LogP contribution in [0.25, 0.3) is 0 Å².